The lowest BCUT2D eigenvalue weighted by molar-refractivity contribution is 0.437. The molecule has 1 unspecified atom stereocenters. The van der Waals surface area contributed by atoms with Gasteiger partial charge in [-0.2, -0.15) is 5.10 Å². The fourth-order valence-corrected chi connectivity index (χ4v) is 2.17. The van der Waals surface area contributed by atoms with E-state index in [0.717, 1.165) is 12.1 Å². The zero-order chi connectivity index (χ0) is 12.8. The Morgan fingerprint density at radius 3 is 2.47 bits per heavy atom. The lowest BCUT2D eigenvalue weighted by Crippen LogP contribution is -2.10. The summed E-state index contributed by atoms with van der Waals surface area (Å²) in [6.45, 7) is 6.28. The highest BCUT2D eigenvalue weighted by atomic mass is 35.5. The lowest BCUT2D eigenvalue weighted by Gasteiger charge is -2.13. The standard InChI is InChI=1S/C13H24ClN3/c1-4-5-6-7-8-9-10(2)17-13(15)12(14)11(3)16-17/h10H,4-9,15H2,1-3H3. The molecule has 0 aliphatic heterocycles. The van der Waals surface area contributed by atoms with Gasteiger partial charge in [0.25, 0.3) is 0 Å². The quantitative estimate of drug-likeness (QED) is 0.738. The van der Waals surface area contributed by atoms with E-state index in [1.807, 2.05) is 11.6 Å². The van der Waals surface area contributed by atoms with Crippen LogP contribution in [-0.4, -0.2) is 9.78 Å². The first-order chi connectivity index (χ1) is 8.07. The van der Waals surface area contributed by atoms with Gasteiger partial charge in [-0.05, 0) is 20.3 Å². The number of aromatic nitrogens is 2. The molecular weight excluding hydrogens is 234 g/mol. The maximum absolute atomic E-state index is 6.04. The average Bonchev–Trinajstić information content (AvgIpc) is 2.56. The Bertz CT molecular complexity index is 347. The van der Waals surface area contributed by atoms with Gasteiger partial charge in [0.15, 0.2) is 0 Å². The van der Waals surface area contributed by atoms with Gasteiger partial charge in [0.1, 0.15) is 10.8 Å². The molecule has 2 N–H and O–H groups in total. The minimum absolute atomic E-state index is 0.336. The maximum Gasteiger partial charge on any atom is 0.141 e. The Balaban J connectivity index is 2.41. The van der Waals surface area contributed by atoms with E-state index >= 15 is 0 Å². The summed E-state index contributed by atoms with van der Waals surface area (Å²) in [6, 6.07) is 0.336. The molecule has 0 radical (unpaired) electrons. The molecule has 4 heteroatoms. The van der Waals surface area contributed by atoms with Gasteiger partial charge in [0.05, 0.1) is 11.7 Å². The SMILES string of the molecule is CCCCCCCC(C)n1nc(C)c(Cl)c1N. The monoisotopic (exact) mass is 257 g/mol. The average molecular weight is 258 g/mol. The molecule has 0 aromatic carbocycles. The van der Waals surface area contributed by atoms with Crippen molar-refractivity contribution in [3.05, 3.63) is 10.7 Å². The number of anilines is 1. The minimum Gasteiger partial charge on any atom is -0.383 e. The van der Waals surface area contributed by atoms with E-state index in [2.05, 4.69) is 18.9 Å². The molecule has 1 heterocycles. The summed E-state index contributed by atoms with van der Waals surface area (Å²) in [5.74, 6) is 0.602. The molecule has 1 aromatic heterocycles. The zero-order valence-corrected chi connectivity index (χ0v) is 11.9. The molecule has 1 atom stereocenters. The summed E-state index contributed by atoms with van der Waals surface area (Å²) in [5.41, 5.74) is 6.75. The Hall–Kier alpha value is -0.700. The number of hydrogen-bond acceptors (Lipinski definition) is 2. The van der Waals surface area contributed by atoms with E-state index in [-0.39, 0.29) is 0 Å². The predicted octanol–water partition coefficient (Wildman–Crippen LogP) is 4.35. The van der Waals surface area contributed by atoms with E-state index in [4.69, 9.17) is 17.3 Å². The van der Waals surface area contributed by atoms with Gasteiger partial charge in [0, 0.05) is 0 Å². The Morgan fingerprint density at radius 1 is 1.29 bits per heavy atom. The van der Waals surface area contributed by atoms with Gasteiger partial charge in [0.2, 0.25) is 0 Å². The summed E-state index contributed by atoms with van der Waals surface area (Å²) in [4.78, 5) is 0. The van der Waals surface area contributed by atoms with Crippen LogP contribution in [0.5, 0.6) is 0 Å². The molecule has 17 heavy (non-hydrogen) atoms. The molecular formula is C13H24ClN3. The van der Waals surface area contributed by atoms with Crippen molar-refractivity contribution in [3.63, 3.8) is 0 Å². The third-order valence-electron chi connectivity index (χ3n) is 3.19. The van der Waals surface area contributed by atoms with Crippen molar-refractivity contribution in [1.29, 1.82) is 0 Å². The first-order valence-corrected chi connectivity index (χ1v) is 6.95. The van der Waals surface area contributed by atoms with Crippen molar-refractivity contribution in [3.8, 4) is 0 Å². The fraction of sp³-hybridized carbons (Fsp3) is 0.769. The molecule has 3 nitrogen and oxygen atoms in total. The van der Waals surface area contributed by atoms with Crippen LogP contribution in [0.4, 0.5) is 5.82 Å². The number of halogens is 1. The molecule has 0 amide bonds. The third kappa shape index (κ3) is 3.91. The normalized spacial score (nSPS) is 12.9. The van der Waals surface area contributed by atoms with Crippen LogP contribution >= 0.6 is 11.6 Å². The van der Waals surface area contributed by atoms with Crippen LogP contribution in [0.2, 0.25) is 5.02 Å². The maximum atomic E-state index is 6.04. The van der Waals surface area contributed by atoms with Crippen LogP contribution in [0.3, 0.4) is 0 Å². The summed E-state index contributed by atoms with van der Waals surface area (Å²) >= 11 is 6.04. The first kappa shape index (κ1) is 14.4. The topological polar surface area (TPSA) is 43.8 Å². The van der Waals surface area contributed by atoms with Crippen LogP contribution in [0.1, 0.15) is 64.1 Å². The highest BCUT2D eigenvalue weighted by Gasteiger charge is 2.14. The van der Waals surface area contributed by atoms with Crippen LogP contribution < -0.4 is 5.73 Å². The second-order valence-electron chi connectivity index (χ2n) is 4.78. The molecule has 1 rings (SSSR count). The smallest absolute Gasteiger partial charge is 0.141 e. The number of nitrogens with two attached hydrogens (primary N) is 1. The molecule has 0 spiro atoms. The van der Waals surface area contributed by atoms with Gasteiger partial charge in [-0.3, -0.25) is 0 Å². The number of aryl methyl sites for hydroxylation is 1. The molecule has 98 valence electrons. The molecule has 0 aliphatic carbocycles. The number of rotatable bonds is 7. The Morgan fingerprint density at radius 2 is 1.94 bits per heavy atom. The van der Waals surface area contributed by atoms with Gasteiger partial charge in [-0.25, -0.2) is 4.68 Å². The molecule has 0 saturated heterocycles. The van der Waals surface area contributed by atoms with Gasteiger partial charge in [-0.15, -0.1) is 0 Å². The van der Waals surface area contributed by atoms with Crippen molar-refractivity contribution in [2.75, 3.05) is 5.73 Å². The fourth-order valence-electron chi connectivity index (χ4n) is 2.05. The number of hydrogen-bond donors (Lipinski definition) is 1. The van der Waals surface area contributed by atoms with E-state index in [1.54, 1.807) is 0 Å². The number of nitrogens with zero attached hydrogens (tertiary/aromatic N) is 2. The van der Waals surface area contributed by atoms with Crippen LogP contribution in [0.25, 0.3) is 0 Å². The third-order valence-corrected chi connectivity index (χ3v) is 3.66. The lowest BCUT2D eigenvalue weighted by atomic mass is 10.1. The second kappa shape index (κ2) is 6.90. The molecule has 0 saturated carbocycles. The highest BCUT2D eigenvalue weighted by Crippen LogP contribution is 2.27. The number of nitrogen functional groups attached to an aromatic ring is 1. The van der Waals surface area contributed by atoms with Crippen molar-refractivity contribution < 1.29 is 0 Å². The minimum atomic E-state index is 0.336. The molecule has 0 bridgehead atoms. The van der Waals surface area contributed by atoms with Gasteiger partial charge >= 0.3 is 0 Å². The van der Waals surface area contributed by atoms with Crippen LogP contribution in [0, 0.1) is 6.92 Å². The summed E-state index contributed by atoms with van der Waals surface area (Å²) in [6.07, 6.45) is 7.60. The Kier molecular flexibility index (Phi) is 5.83. The van der Waals surface area contributed by atoms with Crippen molar-refractivity contribution in [2.45, 2.75) is 65.3 Å². The van der Waals surface area contributed by atoms with Crippen molar-refractivity contribution in [2.24, 2.45) is 0 Å². The summed E-state index contributed by atoms with van der Waals surface area (Å²) in [7, 11) is 0. The van der Waals surface area contributed by atoms with Crippen molar-refractivity contribution in [1.82, 2.24) is 9.78 Å². The van der Waals surface area contributed by atoms with Gasteiger partial charge < -0.3 is 5.73 Å². The summed E-state index contributed by atoms with van der Waals surface area (Å²) in [5, 5.41) is 4.98. The zero-order valence-electron chi connectivity index (χ0n) is 11.2. The molecule has 1 aromatic rings. The van der Waals surface area contributed by atoms with Crippen LogP contribution in [-0.2, 0) is 0 Å². The van der Waals surface area contributed by atoms with E-state index in [1.165, 1.54) is 32.1 Å². The van der Waals surface area contributed by atoms with E-state index in [9.17, 15) is 0 Å². The molecule has 0 aliphatic rings. The number of unbranched alkanes of at least 4 members (excludes halogenated alkanes) is 4. The van der Waals surface area contributed by atoms with Crippen molar-refractivity contribution >= 4 is 17.4 Å². The molecule has 0 fully saturated rings. The van der Waals surface area contributed by atoms with Crippen LogP contribution in [0.15, 0.2) is 0 Å². The van der Waals surface area contributed by atoms with Gasteiger partial charge in [-0.1, -0.05) is 50.6 Å². The summed E-state index contributed by atoms with van der Waals surface area (Å²) < 4.78 is 1.86. The second-order valence-corrected chi connectivity index (χ2v) is 5.16. The van der Waals surface area contributed by atoms with E-state index in [0.29, 0.717) is 16.9 Å². The predicted molar refractivity (Wildman–Crippen MR) is 74.5 cm³/mol. The largest absolute Gasteiger partial charge is 0.383 e. The van der Waals surface area contributed by atoms with E-state index < -0.39 is 0 Å². The Labute approximate surface area is 109 Å². The first-order valence-electron chi connectivity index (χ1n) is 6.58. The highest BCUT2D eigenvalue weighted by molar-refractivity contribution is 6.33.